The van der Waals surface area contributed by atoms with Gasteiger partial charge in [0.15, 0.2) is 6.54 Å². The third-order valence-corrected chi connectivity index (χ3v) is 7.48. The highest BCUT2D eigenvalue weighted by Gasteiger charge is 2.32. The summed E-state index contributed by atoms with van der Waals surface area (Å²) < 4.78 is 27.7. The van der Waals surface area contributed by atoms with E-state index in [9.17, 15) is 13.2 Å². The maximum Gasteiger partial charge on any atom is 0.278 e. The number of rotatable bonds is 6. The van der Waals surface area contributed by atoms with Crippen LogP contribution >= 0.6 is 0 Å². The van der Waals surface area contributed by atoms with Crippen LogP contribution in [0.5, 0.6) is 0 Å². The number of sulfonamides is 1. The van der Waals surface area contributed by atoms with Gasteiger partial charge in [-0.2, -0.15) is 4.31 Å². The SMILES string of the molecule is CC(C)N(C(=O)C[NH+]1CCN(S(=O)(=O)c2ccc3ccccc3c2)CC1)C(C)C. The third-order valence-electron chi connectivity index (χ3n) is 5.59. The van der Waals surface area contributed by atoms with Crippen LogP contribution in [-0.2, 0) is 14.8 Å². The second-order valence-corrected chi connectivity index (χ2v) is 10.3. The van der Waals surface area contributed by atoms with Crippen molar-refractivity contribution in [2.75, 3.05) is 32.7 Å². The lowest BCUT2D eigenvalue weighted by Gasteiger charge is -2.35. The Balaban J connectivity index is 1.65. The van der Waals surface area contributed by atoms with Gasteiger partial charge in [0.1, 0.15) is 0 Å². The molecule has 2 aromatic rings. The van der Waals surface area contributed by atoms with Crippen LogP contribution in [0.1, 0.15) is 27.7 Å². The van der Waals surface area contributed by atoms with Gasteiger partial charge in [-0.25, -0.2) is 8.42 Å². The van der Waals surface area contributed by atoms with Gasteiger partial charge in [-0.1, -0.05) is 30.3 Å². The maximum absolute atomic E-state index is 13.1. The molecule has 158 valence electrons. The highest BCUT2D eigenvalue weighted by molar-refractivity contribution is 7.89. The van der Waals surface area contributed by atoms with Crippen molar-refractivity contribution in [3.63, 3.8) is 0 Å². The number of hydrogen-bond donors (Lipinski definition) is 1. The molecular formula is C22H32N3O3S+. The quantitative estimate of drug-likeness (QED) is 0.771. The van der Waals surface area contributed by atoms with Crippen molar-refractivity contribution < 1.29 is 18.1 Å². The summed E-state index contributed by atoms with van der Waals surface area (Å²) >= 11 is 0. The maximum atomic E-state index is 13.1. The standard InChI is InChI=1S/C22H31N3O3S/c1-17(2)25(18(3)4)22(26)16-23-11-13-24(14-12-23)29(27,28)21-10-9-19-7-5-6-8-20(19)15-21/h5-10,15,17-18H,11-14,16H2,1-4H3/p+1. The van der Waals surface area contributed by atoms with Gasteiger partial charge in [0.2, 0.25) is 10.0 Å². The van der Waals surface area contributed by atoms with E-state index in [-0.39, 0.29) is 18.0 Å². The minimum Gasteiger partial charge on any atom is -0.333 e. The second kappa shape index (κ2) is 8.81. The molecule has 1 saturated heterocycles. The molecule has 1 aliphatic rings. The number of carbonyl (C=O) groups is 1. The average molecular weight is 419 g/mol. The predicted octanol–water partition coefficient (Wildman–Crippen LogP) is 1.37. The Morgan fingerprint density at radius 2 is 1.59 bits per heavy atom. The van der Waals surface area contributed by atoms with Gasteiger partial charge in [0, 0.05) is 12.1 Å². The molecule has 0 aliphatic carbocycles. The number of amides is 1. The number of nitrogens with zero attached hydrogens (tertiary/aromatic N) is 2. The van der Waals surface area contributed by atoms with E-state index in [1.165, 1.54) is 0 Å². The number of quaternary nitrogens is 1. The molecule has 1 aliphatic heterocycles. The Morgan fingerprint density at radius 3 is 2.17 bits per heavy atom. The van der Waals surface area contributed by atoms with Crippen molar-refractivity contribution in [3.05, 3.63) is 42.5 Å². The second-order valence-electron chi connectivity index (χ2n) is 8.33. The molecule has 3 rings (SSSR count). The summed E-state index contributed by atoms with van der Waals surface area (Å²) in [6.45, 7) is 10.7. The van der Waals surface area contributed by atoms with Gasteiger partial charge in [-0.3, -0.25) is 4.79 Å². The van der Waals surface area contributed by atoms with E-state index >= 15 is 0 Å². The minimum absolute atomic E-state index is 0.135. The molecule has 2 aromatic carbocycles. The lowest BCUT2D eigenvalue weighted by atomic mass is 10.1. The Morgan fingerprint density at radius 1 is 1.00 bits per heavy atom. The molecule has 29 heavy (non-hydrogen) atoms. The van der Waals surface area contributed by atoms with Gasteiger partial charge in [0.25, 0.3) is 5.91 Å². The Hall–Kier alpha value is -1.96. The lowest BCUT2D eigenvalue weighted by Crippen LogP contribution is -3.15. The summed E-state index contributed by atoms with van der Waals surface area (Å²) in [6.07, 6.45) is 0. The van der Waals surface area contributed by atoms with Gasteiger partial charge in [-0.15, -0.1) is 0 Å². The van der Waals surface area contributed by atoms with Gasteiger partial charge in [-0.05, 0) is 50.6 Å². The number of carbonyl (C=O) groups excluding carboxylic acids is 1. The summed E-state index contributed by atoms with van der Waals surface area (Å²) in [5, 5.41) is 1.95. The van der Waals surface area contributed by atoms with Crippen LogP contribution in [0.3, 0.4) is 0 Å². The molecule has 0 atom stereocenters. The molecule has 1 heterocycles. The monoisotopic (exact) mass is 418 g/mol. The first-order valence-electron chi connectivity index (χ1n) is 10.3. The molecular weight excluding hydrogens is 386 g/mol. The fourth-order valence-electron chi connectivity index (χ4n) is 4.17. The van der Waals surface area contributed by atoms with Gasteiger partial charge < -0.3 is 9.80 Å². The van der Waals surface area contributed by atoms with Crippen LogP contribution in [0.15, 0.2) is 47.4 Å². The predicted molar refractivity (Wildman–Crippen MR) is 115 cm³/mol. The number of benzene rings is 2. The summed E-state index contributed by atoms with van der Waals surface area (Å²) in [6, 6.07) is 13.4. The summed E-state index contributed by atoms with van der Waals surface area (Å²) in [7, 11) is -3.52. The first kappa shape index (κ1) is 21.7. The average Bonchev–Trinajstić information content (AvgIpc) is 2.67. The number of piperazine rings is 1. The van der Waals surface area contributed by atoms with E-state index < -0.39 is 10.0 Å². The summed E-state index contributed by atoms with van der Waals surface area (Å²) in [5.74, 6) is 0.135. The van der Waals surface area contributed by atoms with E-state index in [0.717, 1.165) is 15.7 Å². The van der Waals surface area contributed by atoms with E-state index in [4.69, 9.17) is 0 Å². The molecule has 1 amide bonds. The highest BCUT2D eigenvalue weighted by atomic mass is 32.2. The van der Waals surface area contributed by atoms with E-state index in [1.807, 2.05) is 62.9 Å². The molecule has 0 aromatic heterocycles. The molecule has 0 radical (unpaired) electrons. The van der Waals surface area contributed by atoms with Gasteiger partial charge >= 0.3 is 0 Å². The number of nitrogens with one attached hydrogen (secondary N) is 1. The van der Waals surface area contributed by atoms with E-state index in [0.29, 0.717) is 37.6 Å². The zero-order chi connectivity index (χ0) is 21.2. The molecule has 6 nitrogen and oxygen atoms in total. The molecule has 0 saturated carbocycles. The normalized spacial score (nSPS) is 16.6. The van der Waals surface area contributed by atoms with Crippen LogP contribution in [0.2, 0.25) is 0 Å². The van der Waals surface area contributed by atoms with Crippen molar-refractivity contribution in [3.8, 4) is 0 Å². The molecule has 0 unspecified atom stereocenters. The van der Waals surface area contributed by atoms with Crippen LogP contribution < -0.4 is 4.90 Å². The highest BCUT2D eigenvalue weighted by Crippen LogP contribution is 2.21. The minimum atomic E-state index is -3.52. The molecule has 1 fully saturated rings. The fourth-order valence-corrected chi connectivity index (χ4v) is 5.65. The van der Waals surface area contributed by atoms with Crippen molar-refractivity contribution in [1.82, 2.24) is 9.21 Å². The zero-order valence-electron chi connectivity index (χ0n) is 17.8. The molecule has 7 heteroatoms. The lowest BCUT2D eigenvalue weighted by molar-refractivity contribution is -0.896. The molecule has 0 spiro atoms. The first-order chi connectivity index (χ1) is 13.7. The van der Waals surface area contributed by atoms with E-state index in [1.54, 1.807) is 16.4 Å². The topological polar surface area (TPSA) is 62.1 Å². The Bertz CT molecular complexity index is 956. The zero-order valence-corrected chi connectivity index (χ0v) is 18.6. The first-order valence-corrected chi connectivity index (χ1v) is 11.8. The van der Waals surface area contributed by atoms with Crippen LogP contribution in [0.4, 0.5) is 0 Å². The number of fused-ring (bicyclic) bond motifs is 1. The summed E-state index contributed by atoms with van der Waals surface area (Å²) in [4.78, 5) is 16.1. The number of hydrogen-bond acceptors (Lipinski definition) is 3. The Labute approximate surface area is 174 Å². The van der Waals surface area contributed by atoms with Crippen molar-refractivity contribution in [2.45, 2.75) is 44.7 Å². The molecule has 1 N–H and O–H groups in total. The summed E-state index contributed by atoms with van der Waals surface area (Å²) in [5.41, 5.74) is 0. The largest absolute Gasteiger partial charge is 0.333 e. The van der Waals surface area contributed by atoms with Crippen LogP contribution in [0, 0.1) is 0 Å². The van der Waals surface area contributed by atoms with E-state index in [2.05, 4.69) is 0 Å². The third kappa shape index (κ3) is 4.79. The van der Waals surface area contributed by atoms with Crippen LogP contribution in [-0.4, -0.2) is 68.3 Å². The smallest absolute Gasteiger partial charge is 0.278 e. The van der Waals surface area contributed by atoms with Gasteiger partial charge in [0.05, 0.1) is 31.1 Å². The Kier molecular flexibility index (Phi) is 6.61. The van der Waals surface area contributed by atoms with Crippen LogP contribution in [0.25, 0.3) is 10.8 Å². The van der Waals surface area contributed by atoms with Crippen molar-refractivity contribution in [2.24, 2.45) is 0 Å². The molecule has 0 bridgehead atoms. The fraction of sp³-hybridized carbons (Fsp3) is 0.500. The van der Waals surface area contributed by atoms with Crippen molar-refractivity contribution in [1.29, 1.82) is 0 Å². The van der Waals surface area contributed by atoms with Crippen molar-refractivity contribution >= 4 is 26.7 Å².